The summed E-state index contributed by atoms with van der Waals surface area (Å²) in [5.74, 6) is 1.33. The van der Waals surface area contributed by atoms with Crippen LogP contribution in [0.2, 0.25) is 0 Å². The van der Waals surface area contributed by atoms with E-state index in [2.05, 4.69) is 40.9 Å². The monoisotopic (exact) mass is 776 g/mol. The van der Waals surface area contributed by atoms with Gasteiger partial charge in [0.15, 0.2) is 56.8 Å². The van der Waals surface area contributed by atoms with E-state index < -0.39 is 5.79 Å². The van der Waals surface area contributed by atoms with Gasteiger partial charge in [-0.15, -0.1) is 0 Å². The van der Waals surface area contributed by atoms with Gasteiger partial charge in [0.25, 0.3) is 0 Å². The van der Waals surface area contributed by atoms with Crippen LogP contribution in [0.5, 0.6) is 11.5 Å². The Kier molecular flexibility index (Phi) is 34.4. The standard InChI is InChI=1S/C13H18O3.C10H12O2.4C2H6.2N3P3/c1-10-4-6-11(7-5-10)14-8-12-9-15-13(2,3)16-12;1-8-2-4-9(5-3-8)11-6-10-7-12-10;4*1-2;2*1-4-2-6-3-5-1/h4-7,12H,8-9H2,1-3H3;2-5,10H,6-7H2,1H3;4*1-2H3;;. The minimum Gasteiger partial charge on any atom is -0.491 e. The maximum absolute atomic E-state index is 5.65. The Morgan fingerprint density at radius 1 is 0.562 bits per heavy atom. The van der Waals surface area contributed by atoms with Crippen molar-refractivity contribution in [3.05, 3.63) is 59.7 Å². The topological polar surface area (TPSA) is 127 Å². The fourth-order valence-electron chi connectivity index (χ4n) is 2.87. The molecule has 0 aliphatic carbocycles. The third-order valence-corrected chi connectivity index (χ3v) is 8.70. The fraction of sp³-hybridized carbons (Fsp3) is 0.613. The van der Waals surface area contributed by atoms with E-state index in [1.807, 2.05) is 118 Å². The van der Waals surface area contributed by atoms with Crippen molar-refractivity contribution in [2.45, 2.75) is 101 Å². The first-order valence-electron chi connectivity index (χ1n) is 16.1. The Morgan fingerprint density at radius 3 is 1.12 bits per heavy atom. The molecule has 4 aromatic rings. The van der Waals surface area contributed by atoms with Gasteiger partial charge in [-0.25, -0.2) is 0 Å². The molecule has 2 unspecified atom stereocenters. The Balaban J connectivity index is 0. The highest BCUT2D eigenvalue weighted by atomic mass is 31.1. The van der Waals surface area contributed by atoms with Gasteiger partial charge in [0.05, 0.1) is 13.2 Å². The molecule has 2 aromatic heterocycles. The van der Waals surface area contributed by atoms with Crippen LogP contribution in [-0.2, 0) is 14.2 Å². The van der Waals surface area contributed by atoms with E-state index in [-0.39, 0.29) is 6.10 Å². The van der Waals surface area contributed by atoms with Crippen LogP contribution in [0.4, 0.5) is 0 Å². The lowest BCUT2D eigenvalue weighted by Gasteiger charge is -2.17. The van der Waals surface area contributed by atoms with Gasteiger partial charge in [-0.1, -0.05) is 90.8 Å². The molecule has 6 rings (SSSR count). The zero-order valence-electron chi connectivity index (χ0n) is 30.5. The van der Waals surface area contributed by atoms with E-state index in [1.54, 1.807) is 0 Å². The van der Waals surface area contributed by atoms with Gasteiger partial charge < -0.3 is 23.7 Å². The SMILES string of the molecule is CC.CC.CC.CC.Cc1ccc(OCC2CO2)cc1.Cc1ccc(OCC2COC(C)(C)O2)cc1.n1pnpnp1.n1pnpnp1. The minimum atomic E-state index is -0.471. The Hall–Kier alpha value is -1.48. The van der Waals surface area contributed by atoms with Gasteiger partial charge >= 0.3 is 0 Å². The summed E-state index contributed by atoms with van der Waals surface area (Å²) in [5.41, 5.74) is 2.49. The van der Waals surface area contributed by atoms with Gasteiger partial charge in [0, 0.05) is 0 Å². The van der Waals surface area contributed by atoms with E-state index in [0.29, 0.717) is 25.9 Å². The lowest BCUT2D eigenvalue weighted by Crippen LogP contribution is -2.25. The van der Waals surface area contributed by atoms with E-state index in [1.165, 1.54) is 11.1 Å². The first-order valence-corrected chi connectivity index (χ1v) is 20.9. The van der Waals surface area contributed by atoms with Crippen molar-refractivity contribution in [2.24, 2.45) is 0 Å². The van der Waals surface area contributed by atoms with Crippen molar-refractivity contribution >= 4 is 51.1 Å². The van der Waals surface area contributed by atoms with Crippen LogP contribution >= 0.6 is 51.1 Å². The summed E-state index contributed by atoms with van der Waals surface area (Å²) >= 11 is 0. The first-order chi connectivity index (χ1) is 23.4. The molecular formula is C31H54N6O5P6. The van der Waals surface area contributed by atoms with Crippen LogP contribution in [-0.4, -0.2) is 71.5 Å². The van der Waals surface area contributed by atoms with Crippen molar-refractivity contribution < 1.29 is 23.7 Å². The molecule has 0 spiro atoms. The minimum absolute atomic E-state index is 0.0244. The summed E-state index contributed by atoms with van der Waals surface area (Å²) in [6.45, 7) is 26.6. The molecule has 0 N–H and O–H groups in total. The summed E-state index contributed by atoms with van der Waals surface area (Å²) in [5, 5.41) is 0. The number of aromatic nitrogens is 6. The number of rotatable bonds is 6. The molecule has 17 heteroatoms. The van der Waals surface area contributed by atoms with Crippen LogP contribution < -0.4 is 9.47 Å². The lowest BCUT2D eigenvalue weighted by molar-refractivity contribution is -0.141. The summed E-state index contributed by atoms with van der Waals surface area (Å²) in [6, 6.07) is 16.1. The van der Waals surface area contributed by atoms with Gasteiger partial charge in [-0.2, -0.15) is 27.1 Å². The molecule has 2 aliphatic heterocycles. The highest BCUT2D eigenvalue weighted by molar-refractivity contribution is 7.44. The zero-order valence-corrected chi connectivity index (χ0v) is 35.9. The van der Waals surface area contributed by atoms with Crippen molar-refractivity contribution in [3.63, 3.8) is 0 Å². The molecule has 0 saturated carbocycles. The highest BCUT2D eigenvalue weighted by Crippen LogP contribution is 2.23. The van der Waals surface area contributed by atoms with Crippen LogP contribution in [0, 0.1) is 13.8 Å². The maximum Gasteiger partial charge on any atom is 0.166 e. The molecule has 2 aliphatic rings. The van der Waals surface area contributed by atoms with Crippen molar-refractivity contribution in [1.82, 2.24) is 27.1 Å². The lowest BCUT2D eigenvalue weighted by atomic mass is 10.2. The largest absolute Gasteiger partial charge is 0.491 e. The molecular weight excluding hydrogens is 722 g/mol. The Morgan fingerprint density at radius 2 is 0.875 bits per heavy atom. The summed E-state index contributed by atoms with van der Waals surface area (Å²) < 4.78 is 49.9. The average Bonchev–Trinajstić information content (AvgIpc) is 3.94. The van der Waals surface area contributed by atoms with E-state index in [0.717, 1.165) is 69.2 Å². The normalized spacial score (nSPS) is 16.4. The van der Waals surface area contributed by atoms with E-state index in [4.69, 9.17) is 23.7 Å². The van der Waals surface area contributed by atoms with Gasteiger partial charge in [-0.3, -0.25) is 0 Å². The summed E-state index contributed by atoms with van der Waals surface area (Å²) in [4.78, 5) is 0. The number of nitrogens with zero attached hydrogens (tertiary/aromatic N) is 6. The number of hydrogen-bond acceptors (Lipinski definition) is 11. The number of epoxide rings is 1. The number of hydrogen-bond donors (Lipinski definition) is 0. The summed E-state index contributed by atoms with van der Waals surface area (Å²) in [7, 11) is 4.98. The Bertz CT molecular complexity index is 1120. The highest BCUT2D eigenvalue weighted by Gasteiger charge is 2.32. The molecule has 0 bridgehead atoms. The molecule has 4 heterocycles. The van der Waals surface area contributed by atoms with E-state index >= 15 is 0 Å². The predicted octanol–water partition coefficient (Wildman–Crippen LogP) is 11.6. The average molecular weight is 777 g/mol. The number of aryl methyl sites for hydroxylation is 2. The van der Waals surface area contributed by atoms with Crippen LogP contribution in [0.25, 0.3) is 0 Å². The third kappa shape index (κ3) is 28.4. The molecule has 2 fully saturated rings. The van der Waals surface area contributed by atoms with Crippen molar-refractivity contribution in [2.75, 3.05) is 26.4 Å². The first kappa shape index (κ1) is 48.6. The molecule has 2 atom stereocenters. The van der Waals surface area contributed by atoms with Crippen molar-refractivity contribution in [1.29, 1.82) is 0 Å². The molecule has 268 valence electrons. The molecule has 0 amide bonds. The molecule has 2 saturated heterocycles. The Labute approximate surface area is 299 Å². The summed E-state index contributed by atoms with van der Waals surface area (Å²) in [6.07, 6.45) is 0.364. The zero-order chi connectivity index (χ0) is 36.5. The van der Waals surface area contributed by atoms with Gasteiger partial charge in [0.1, 0.15) is 36.9 Å². The van der Waals surface area contributed by atoms with Gasteiger partial charge in [0.2, 0.25) is 0 Å². The predicted molar refractivity (Wildman–Crippen MR) is 208 cm³/mol. The fourth-order valence-corrected chi connectivity index (χ4v) is 6.52. The molecule has 11 nitrogen and oxygen atoms in total. The van der Waals surface area contributed by atoms with Crippen LogP contribution in [0.1, 0.15) is 80.4 Å². The van der Waals surface area contributed by atoms with Gasteiger partial charge in [-0.05, 0) is 52.0 Å². The van der Waals surface area contributed by atoms with Crippen LogP contribution in [0.3, 0.4) is 0 Å². The second-order valence-corrected chi connectivity index (χ2v) is 14.1. The third-order valence-electron chi connectivity index (χ3n) is 4.86. The number of ether oxygens (including phenoxy) is 5. The maximum atomic E-state index is 5.65. The molecule has 0 radical (unpaired) electrons. The second-order valence-electron chi connectivity index (χ2n) is 8.73. The molecule has 2 aromatic carbocycles. The van der Waals surface area contributed by atoms with Crippen molar-refractivity contribution in [3.8, 4) is 11.5 Å². The number of benzene rings is 2. The molecule has 48 heavy (non-hydrogen) atoms. The van der Waals surface area contributed by atoms with Crippen LogP contribution in [0.15, 0.2) is 48.5 Å². The quantitative estimate of drug-likeness (QED) is 0.174. The smallest absolute Gasteiger partial charge is 0.166 e. The second kappa shape index (κ2) is 34.0. The van der Waals surface area contributed by atoms with E-state index in [9.17, 15) is 0 Å².